The second kappa shape index (κ2) is 4.47. The number of hydrogen-bond acceptors (Lipinski definition) is 1. The number of aromatic nitrogens is 1. The van der Waals surface area contributed by atoms with Gasteiger partial charge in [-0.3, -0.25) is 0 Å². The van der Waals surface area contributed by atoms with E-state index in [2.05, 4.69) is 49.0 Å². The predicted octanol–water partition coefficient (Wildman–Crippen LogP) is 2.42. The highest BCUT2D eigenvalue weighted by molar-refractivity contribution is 5.11. The first-order valence-electron chi connectivity index (χ1n) is 4.97. The van der Waals surface area contributed by atoms with Gasteiger partial charge in [-0.15, -0.1) is 0 Å². The highest BCUT2D eigenvalue weighted by Gasteiger charge is 2.07. The van der Waals surface area contributed by atoms with Crippen molar-refractivity contribution < 1.29 is 0 Å². The monoisotopic (exact) mass is 180 g/mol. The molecule has 1 aromatic heterocycles. The molecule has 2 nitrogen and oxygen atoms in total. The van der Waals surface area contributed by atoms with Crippen molar-refractivity contribution >= 4 is 0 Å². The zero-order chi connectivity index (χ0) is 9.84. The van der Waals surface area contributed by atoms with E-state index in [4.69, 9.17) is 0 Å². The zero-order valence-electron chi connectivity index (χ0n) is 9.04. The molecule has 0 fully saturated rings. The van der Waals surface area contributed by atoms with Gasteiger partial charge in [0.25, 0.3) is 0 Å². The van der Waals surface area contributed by atoms with E-state index in [1.54, 1.807) is 0 Å². The smallest absolute Gasteiger partial charge is 0.0443 e. The SMILES string of the molecule is CNC(C)c1cccn1CC(C)C. The molecule has 2 heteroatoms. The summed E-state index contributed by atoms with van der Waals surface area (Å²) in [7, 11) is 2.00. The predicted molar refractivity (Wildman–Crippen MR) is 56.7 cm³/mol. The molecule has 0 bridgehead atoms. The Hall–Kier alpha value is -0.760. The summed E-state index contributed by atoms with van der Waals surface area (Å²) < 4.78 is 2.33. The average Bonchev–Trinajstić information content (AvgIpc) is 2.50. The minimum absolute atomic E-state index is 0.439. The van der Waals surface area contributed by atoms with Crippen molar-refractivity contribution in [2.75, 3.05) is 7.05 Å². The van der Waals surface area contributed by atoms with Crippen LogP contribution in [0.25, 0.3) is 0 Å². The summed E-state index contributed by atoms with van der Waals surface area (Å²) in [6.45, 7) is 7.78. The molecule has 0 radical (unpaired) electrons. The van der Waals surface area contributed by atoms with E-state index in [0.717, 1.165) is 6.54 Å². The summed E-state index contributed by atoms with van der Waals surface area (Å²) in [4.78, 5) is 0. The molecule has 1 unspecified atom stereocenters. The molecule has 0 aliphatic carbocycles. The van der Waals surface area contributed by atoms with Gasteiger partial charge >= 0.3 is 0 Å². The first-order valence-corrected chi connectivity index (χ1v) is 4.97. The summed E-state index contributed by atoms with van der Waals surface area (Å²) in [5.74, 6) is 0.704. The van der Waals surface area contributed by atoms with E-state index in [1.807, 2.05) is 7.05 Å². The Balaban J connectivity index is 2.76. The Bertz CT molecular complexity index is 250. The third kappa shape index (κ3) is 2.59. The van der Waals surface area contributed by atoms with Crippen molar-refractivity contribution in [2.24, 2.45) is 5.92 Å². The van der Waals surface area contributed by atoms with Gasteiger partial charge in [-0.05, 0) is 32.0 Å². The molecule has 0 saturated heterocycles. The van der Waals surface area contributed by atoms with E-state index in [9.17, 15) is 0 Å². The highest BCUT2D eigenvalue weighted by Crippen LogP contribution is 2.14. The van der Waals surface area contributed by atoms with Gasteiger partial charge in [0, 0.05) is 24.5 Å². The maximum atomic E-state index is 3.26. The van der Waals surface area contributed by atoms with Crippen LogP contribution in [-0.2, 0) is 6.54 Å². The number of nitrogens with zero attached hydrogens (tertiary/aromatic N) is 1. The molecule has 74 valence electrons. The van der Waals surface area contributed by atoms with Crippen LogP contribution < -0.4 is 5.32 Å². The number of rotatable bonds is 4. The Kier molecular flexibility index (Phi) is 3.55. The van der Waals surface area contributed by atoms with Gasteiger partial charge in [-0.1, -0.05) is 13.8 Å². The summed E-state index contributed by atoms with van der Waals surface area (Å²) in [5, 5.41) is 3.26. The fraction of sp³-hybridized carbons (Fsp3) is 0.636. The van der Waals surface area contributed by atoms with E-state index in [-0.39, 0.29) is 0 Å². The normalized spacial score (nSPS) is 13.6. The van der Waals surface area contributed by atoms with Crippen LogP contribution in [0.3, 0.4) is 0 Å². The lowest BCUT2D eigenvalue weighted by molar-refractivity contribution is 0.487. The van der Waals surface area contributed by atoms with Crippen molar-refractivity contribution in [3.05, 3.63) is 24.0 Å². The van der Waals surface area contributed by atoms with E-state index in [1.165, 1.54) is 5.69 Å². The quantitative estimate of drug-likeness (QED) is 0.753. The molecule has 1 rings (SSSR count). The molecule has 1 N–H and O–H groups in total. The molecule has 1 aromatic rings. The molecule has 0 amide bonds. The lowest BCUT2D eigenvalue weighted by atomic mass is 10.2. The van der Waals surface area contributed by atoms with Gasteiger partial charge in [0.1, 0.15) is 0 Å². The van der Waals surface area contributed by atoms with Gasteiger partial charge in [0.05, 0.1) is 0 Å². The van der Waals surface area contributed by atoms with Crippen LogP contribution in [0.4, 0.5) is 0 Å². The number of hydrogen-bond donors (Lipinski definition) is 1. The van der Waals surface area contributed by atoms with Crippen molar-refractivity contribution in [1.82, 2.24) is 9.88 Å². The molecule has 0 aliphatic rings. The van der Waals surface area contributed by atoms with Crippen LogP contribution in [-0.4, -0.2) is 11.6 Å². The standard InChI is InChI=1S/C11H20N2/c1-9(2)8-13-7-5-6-11(13)10(3)12-4/h5-7,9-10,12H,8H2,1-4H3. The third-order valence-electron chi connectivity index (χ3n) is 2.30. The van der Waals surface area contributed by atoms with Crippen LogP contribution in [0, 0.1) is 5.92 Å². The molecule has 1 atom stereocenters. The van der Waals surface area contributed by atoms with Crippen LogP contribution in [0.5, 0.6) is 0 Å². The van der Waals surface area contributed by atoms with Crippen molar-refractivity contribution in [3.8, 4) is 0 Å². The molecule has 13 heavy (non-hydrogen) atoms. The van der Waals surface area contributed by atoms with Gasteiger partial charge < -0.3 is 9.88 Å². The van der Waals surface area contributed by atoms with Crippen molar-refractivity contribution in [3.63, 3.8) is 0 Å². The van der Waals surface area contributed by atoms with Crippen LogP contribution in [0.1, 0.15) is 32.5 Å². The molecular weight excluding hydrogens is 160 g/mol. The summed E-state index contributed by atoms with van der Waals surface area (Å²) in [6.07, 6.45) is 2.16. The van der Waals surface area contributed by atoms with Crippen molar-refractivity contribution in [1.29, 1.82) is 0 Å². The largest absolute Gasteiger partial charge is 0.350 e. The highest BCUT2D eigenvalue weighted by atomic mass is 15.0. The van der Waals surface area contributed by atoms with E-state index >= 15 is 0 Å². The molecule has 0 saturated carbocycles. The first kappa shape index (κ1) is 10.3. The second-order valence-electron chi connectivity index (χ2n) is 3.99. The maximum Gasteiger partial charge on any atom is 0.0443 e. The Morgan fingerprint density at radius 3 is 2.62 bits per heavy atom. The lowest BCUT2D eigenvalue weighted by Crippen LogP contribution is -2.17. The minimum atomic E-state index is 0.439. The van der Waals surface area contributed by atoms with Gasteiger partial charge in [0.15, 0.2) is 0 Å². The first-order chi connectivity index (χ1) is 6.15. The topological polar surface area (TPSA) is 17.0 Å². The summed E-state index contributed by atoms with van der Waals surface area (Å²) in [6, 6.07) is 4.74. The van der Waals surface area contributed by atoms with E-state index < -0.39 is 0 Å². The Morgan fingerprint density at radius 2 is 2.08 bits per heavy atom. The maximum absolute atomic E-state index is 3.26. The van der Waals surface area contributed by atoms with Gasteiger partial charge in [-0.2, -0.15) is 0 Å². The van der Waals surface area contributed by atoms with E-state index in [0.29, 0.717) is 12.0 Å². The minimum Gasteiger partial charge on any atom is -0.350 e. The fourth-order valence-electron chi connectivity index (χ4n) is 1.53. The fourth-order valence-corrected chi connectivity index (χ4v) is 1.53. The van der Waals surface area contributed by atoms with Gasteiger partial charge in [0.2, 0.25) is 0 Å². The lowest BCUT2D eigenvalue weighted by Gasteiger charge is -2.16. The molecular formula is C11H20N2. The molecule has 0 spiro atoms. The summed E-state index contributed by atoms with van der Waals surface area (Å²) in [5.41, 5.74) is 1.37. The molecule has 0 aromatic carbocycles. The van der Waals surface area contributed by atoms with Crippen LogP contribution in [0.2, 0.25) is 0 Å². The number of nitrogens with one attached hydrogen (secondary N) is 1. The van der Waals surface area contributed by atoms with Crippen LogP contribution >= 0.6 is 0 Å². The average molecular weight is 180 g/mol. The third-order valence-corrected chi connectivity index (χ3v) is 2.30. The second-order valence-corrected chi connectivity index (χ2v) is 3.99. The Labute approximate surface area is 81.0 Å². The van der Waals surface area contributed by atoms with Crippen LogP contribution in [0.15, 0.2) is 18.3 Å². The molecule has 0 aliphatic heterocycles. The zero-order valence-corrected chi connectivity index (χ0v) is 9.04. The van der Waals surface area contributed by atoms with Crippen molar-refractivity contribution in [2.45, 2.75) is 33.4 Å². The van der Waals surface area contributed by atoms with Gasteiger partial charge in [-0.25, -0.2) is 0 Å². The summed E-state index contributed by atoms with van der Waals surface area (Å²) >= 11 is 0. The Morgan fingerprint density at radius 1 is 1.38 bits per heavy atom. The molecule has 1 heterocycles.